The van der Waals surface area contributed by atoms with Gasteiger partial charge in [0.1, 0.15) is 0 Å². The second-order valence-electron chi connectivity index (χ2n) is 1.83. The normalized spacial score (nSPS) is 12.2. The van der Waals surface area contributed by atoms with Gasteiger partial charge in [0.15, 0.2) is 0 Å². The Morgan fingerprint density at radius 2 is 2.25 bits per heavy atom. The summed E-state index contributed by atoms with van der Waals surface area (Å²) in [5.41, 5.74) is 0.0132. The molecule has 0 aromatic carbocycles. The van der Waals surface area contributed by atoms with Crippen LogP contribution in [0.4, 0.5) is 0 Å². The predicted molar refractivity (Wildman–Crippen MR) is 42.5 cm³/mol. The highest BCUT2D eigenvalue weighted by molar-refractivity contribution is 7.74. The minimum atomic E-state index is -2.59. The van der Waals surface area contributed by atoms with Crippen molar-refractivity contribution >= 4 is 17.3 Å². The van der Waals surface area contributed by atoms with Crippen LogP contribution < -0.4 is 0 Å². The molecule has 0 saturated heterocycles. The molecule has 0 aliphatic carbocycles. The number of hydrogen-bond acceptors (Lipinski definition) is 4. The molecule has 1 atom stereocenters. The lowest BCUT2D eigenvalue weighted by Crippen LogP contribution is -2.12. The lowest BCUT2D eigenvalue weighted by molar-refractivity contribution is -0.130. The van der Waals surface area contributed by atoms with Gasteiger partial charge in [0.25, 0.3) is 0 Å². The second kappa shape index (κ2) is 5.87. The number of ether oxygens (including phenoxy) is 1. The zero-order chi connectivity index (χ0) is 9.56. The Morgan fingerprint density at radius 1 is 1.67 bits per heavy atom. The fraction of sp³-hybridized carbons (Fsp3) is 0.500. The summed E-state index contributed by atoms with van der Waals surface area (Å²) in [5, 5.41) is 0. The molecule has 0 spiro atoms. The van der Waals surface area contributed by atoms with Crippen LogP contribution in [0, 0.1) is 0 Å². The SMILES string of the molecule is C=C(COCC)C(=O)OS(=O)O. The Morgan fingerprint density at radius 3 is 2.67 bits per heavy atom. The monoisotopic (exact) mass is 194 g/mol. The van der Waals surface area contributed by atoms with Gasteiger partial charge in [0, 0.05) is 6.61 Å². The Labute approximate surface area is 72.8 Å². The zero-order valence-electron chi connectivity index (χ0n) is 6.61. The van der Waals surface area contributed by atoms with E-state index in [2.05, 4.69) is 10.8 Å². The van der Waals surface area contributed by atoms with E-state index in [1.165, 1.54) is 0 Å². The van der Waals surface area contributed by atoms with Crippen LogP contribution in [-0.4, -0.2) is 27.9 Å². The minimum absolute atomic E-state index is 0.00648. The van der Waals surface area contributed by atoms with Crippen LogP contribution in [0.2, 0.25) is 0 Å². The van der Waals surface area contributed by atoms with Crippen LogP contribution in [0.15, 0.2) is 12.2 Å². The van der Waals surface area contributed by atoms with Gasteiger partial charge in [0.05, 0.1) is 12.2 Å². The largest absolute Gasteiger partial charge is 0.377 e. The lowest BCUT2D eigenvalue weighted by atomic mass is 10.3. The first-order chi connectivity index (χ1) is 5.57. The summed E-state index contributed by atoms with van der Waals surface area (Å²) in [6.45, 7) is 5.50. The van der Waals surface area contributed by atoms with Gasteiger partial charge in [-0.1, -0.05) is 6.58 Å². The Hall–Kier alpha value is -0.720. The molecule has 0 saturated carbocycles. The summed E-state index contributed by atoms with van der Waals surface area (Å²) < 4.78 is 26.9. The maximum Gasteiger partial charge on any atom is 0.360 e. The highest BCUT2D eigenvalue weighted by Crippen LogP contribution is 1.96. The molecule has 5 nitrogen and oxygen atoms in total. The van der Waals surface area contributed by atoms with E-state index in [0.717, 1.165) is 0 Å². The van der Waals surface area contributed by atoms with Gasteiger partial charge >= 0.3 is 17.3 Å². The fourth-order valence-corrected chi connectivity index (χ4v) is 0.655. The average Bonchev–Trinajstić information content (AvgIpc) is 1.98. The van der Waals surface area contributed by atoms with E-state index in [1.54, 1.807) is 6.92 Å². The second-order valence-corrected chi connectivity index (χ2v) is 2.43. The van der Waals surface area contributed by atoms with Gasteiger partial charge < -0.3 is 8.92 Å². The van der Waals surface area contributed by atoms with Crippen molar-refractivity contribution in [2.75, 3.05) is 13.2 Å². The smallest absolute Gasteiger partial charge is 0.360 e. The summed E-state index contributed by atoms with van der Waals surface area (Å²) >= 11 is -2.59. The number of carbonyl (C=O) groups excluding carboxylic acids is 1. The van der Waals surface area contributed by atoms with Gasteiger partial charge in [-0.3, -0.25) is 4.55 Å². The van der Waals surface area contributed by atoms with Crippen molar-refractivity contribution in [1.29, 1.82) is 0 Å². The third-order valence-electron chi connectivity index (χ3n) is 0.916. The number of carbonyl (C=O) groups is 1. The molecule has 0 fully saturated rings. The molecule has 1 N–H and O–H groups in total. The Balaban J connectivity index is 3.77. The average molecular weight is 194 g/mol. The maximum atomic E-state index is 10.7. The van der Waals surface area contributed by atoms with Crippen molar-refractivity contribution in [1.82, 2.24) is 0 Å². The third-order valence-corrected chi connectivity index (χ3v) is 1.21. The fourth-order valence-electron chi connectivity index (χ4n) is 0.408. The minimum Gasteiger partial charge on any atom is -0.377 e. The van der Waals surface area contributed by atoms with Crippen LogP contribution in [0.3, 0.4) is 0 Å². The molecule has 12 heavy (non-hydrogen) atoms. The van der Waals surface area contributed by atoms with E-state index in [1.807, 2.05) is 0 Å². The lowest BCUT2D eigenvalue weighted by Gasteiger charge is -2.02. The molecule has 70 valence electrons. The number of hydrogen-bond donors (Lipinski definition) is 1. The van der Waals surface area contributed by atoms with Crippen molar-refractivity contribution < 1.29 is 22.5 Å². The van der Waals surface area contributed by atoms with Crippen molar-refractivity contribution in [3.8, 4) is 0 Å². The molecular weight excluding hydrogens is 184 g/mol. The molecule has 0 radical (unpaired) electrons. The van der Waals surface area contributed by atoms with Gasteiger partial charge in [0.2, 0.25) is 0 Å². The van der Waals surface area contributed by atoms with E-state index < -0.39 is 17.3 Å². The summed E-state index contributed by atoms with van der Waals surface area (Å²) in [6, 6.07) is 0. The standard InChI is InChI=1S/C6H10O5S/c1-3-10-4-5(2)6(7)11-12(8)9/h2-4H2,1H3,(H,8,9). The topological polar surface area (TPSA) is 72.8 Å². The van der Waals surface area contributed by atoms with E-state index in [9.17, 15) is 9.00 Å². The van der Waals surface area contributed by atoms with Crippen molar-refractivity contribution in [3.63, 3.8) is 0 Å². The van der Waals surface area contributed by atoms with E-state index in [-0.39, 0.29) is 12.2 Å². The van der Waals surface area contributed by atoms with Gasteiger partial charge in [-0.25, -0.2) is 4.79 Å². The first-order valence-corrected chi connectivity index (χ1v) is 4.20. The van der Waals surface area contributed by atoms with Crippen LogP contribution in [0.5, 0.6) is 0 Å². The third kappa shape index (κ3) is 5.00. The molecular formula is C6H10O5S. The molecule has 0 heterocycles. The molecule has 0 aromatic rings. The molecule has 0 amide bonds. The van der Waals surface area contributed by atoms with Crippen molar-refractivity contribution in [2.24, 2.45) is 0 Å². The molecule has 0 bridgehead atoms. The highest BCUT2D eigenvalue weighted by Gasteiger charge is 2.10. The van der Waals surface area contributed by atoms with Gasteiger partial charge in [-0.15, -0.1) is 0 Å². The zero-order valence-corrected chi connectivity index (χ0v) is 7.43. The summed E-state index contributed by atoms with van der Waals surface area (Å²) in [4.78, 5) is 10.7. The van der Waals surface area contributed by atoms with Crippen LogP contribution in [0.25, 0.3) is 0 Å². The summed E-state index contributed by atoms with van der Waals surface area (Å²) in [6.07, 6.45) is 0. The van der Waals surface area contributed by atoms with E-state index >= 15 is 0 Å². The molecule has 0 aromatic heterocycles. The van der Waals surface area contributed by atoms with Gasteiger partial charge in [-0.2, -0.15) is 4.21 Å². The quantitative estimate of drug-likeness (QED) is 0.502. The Kier molecular flexibility index (Phi) is 5.52. The highest BCUT2D eigenvalue weighted by atomic mass is 32.2. The van der Waals surface area contributed by atoms with Crippen LogP contribution in [0.1, 0.15) is 6.92 Å². The maximum absolute atomic E-state index is 10.7. The molecule has 6 heteroatoms. The van der Waals surface area contributed by atoms with Crippen LogP contribution in [-0.2, 0) is 25.1 Å². The van der Waals surface area contributed by atoms with E-state index in [0.29, 0.717) is 6.61 Å². The van der Waals surface area contributed by atoms with Crippen molar-refractivity contribution in [2.45, 2.75) is 6.92 Å². The van der Waals surface area contributed by atoms with Gasteiger partial charge in [-0.05, 0) is 6.92 Å². The van der Waals surface area contributed by atoms with Crippen LogP contribution >= 0.6 is 0 Å². The first-order valence-electron chi connectivity index (χ1n) is 3.17. The molecule has 1 unspecified atom stereocenters. The first kappa shape index (κ1) is 11.3. The summed E-state index contributed by atoms with van der Waals surface area (Å²) in [7, 11) is 0. The summed E-state index contributed by atoms with van der Waals surface area (Å²) in [5.74, 6) is -0.927. The van der Waals surface area contributed by atoms with Crippen molar-refractivity contribution in [3.05, 3.63) is 12.2 Å². The predicted octanol–water partition coefficient (Wildman–Crippen LogP) is 0.259. The Bertz CT molecular complexity index is 200. The molecule has 0 rings (SSSR count). The molecule has 0 aliphatic heterocycles. The number of rotatable bonds is 5. The molecule has 0 aliphatic rings. The van der Waals surface area contributed by atoms with E-state index in [4.69, 9.17) is 9.29 Å².